The van der Waals surface area contributed by atoms with E-state index in [2.05, 4.69) is 21.2 Å². The molecule has 10 heteroatoms. The molecule has 0 saturated carbocycles. The molecule has 1 N–H and O–H groups in total. The van der Waals surface area contributed by atoms with Gasteiger partial charge in [0.2, 0.25) is 0 Å². The van der Waals surface area contributed by atoms with E-state index in [1.807, 2.05) is 0 Å². The lowest BCUT2D eigenvalue weighted by Gasteiger charge is -2.11. The number of alkyl halides is 3. The van der Waals surface area contributed by atoms with E-state index in [9.17, 15) is 26.4 Å². The van der Waals surface area contributed by atoms with Gasteiger partial charge >= 0.3 is 5.51 Å². The maximum atomic E-state index is 12.5. The minimum Gasteiger partial charge on any atom is -0.496 e. The van der Waals surface area contributed by atoms with Crippen molar-refractivity contribution in [3.05, 3.63) is 58.1 Å². The third kappa shape index (κ3) is 4.36. The van der Waals surface area contributed by atoms with Gasteiger partial charge in [0.05, 0.1) is 12.0 Å². The Hall–Kier alpha value is -2.07. The van der Waals surface area contributed by atoms with Crippen LogP contribution in [0.5, 0.6) is 5.75 Å². The van der Waals surface area contributed by atoms with Gasteiger partial charge in [-0.05, 0) is 42.5 Å². The van der Waals surface area contributed by atoms with Gasteiger partial charge in [0.25, 0.3) is 15.7 Å². The molecule has 0 bridgehead atoms. The molecule has 26 heavy (non-hydrogen) atoms. The second kappa shape index (κ2) is 7.67. The Bertz CT molecular complexity index is 912. The van der Waals surface area contributed by atoms with Crippen LogP contribution in [0.25, 0.3) is 0 Å². The molecule has 0 aliphatic heterocycles. The van der Waals surface area contributed by atoms with Crippen molar-refractivity contribution in [2.24, 2.45) is 0 Å². The molecule has 1 amide bonds. The van der Waals surface area contributed by atoms with E-state index in [1.165, 1.54) is 7.11 Å². The van der Waals surface area contributed by atoms with Crippen molar-refractivity contribution in [3.63, 3.8) is 0 Å². The van der Waals surface area contributed by atoms with Crippen molar-refractivity contribution in [1.82, 2.24) is 5.32 Å². The first-order valence-electron chi connectivity index (χ1n) is 7.08. The topological polar surface area (TPSA) is 72.5 Å². The molecule has 0 aliphatic carbocycles. The van der Waals surface area contributed by atoms with E-state index in [0.717, 1.165) is 28.7 Å². The van der Waals surface area contributed by atoms with Crippen molar-refractivity contribution in [1.29, 1.82) is 0 Å². The summed E-state index contributed by atoms with van der Waals surface area (Å²) < 4.78 is 66.1. The van der Waals surface area contributed by atoms with Crippen LogP contribution in [0.15, 0.2) is 51.8 Å². The van der Waals surface area contributed by atoms with Crippen LogP contribution < -0.4 is 10.1 Å². The van der Waals surface area contributed by atoms with Gasteiger partial charge in [-0.3, -0.25) is 4.79 Å². The number of hydrogen-bond acceptors (Lipinski definition) is 4. The molecule has 0 spiro atoms. The van der Waals surface area contributed by atoms with Gasteiger partial charge < -0.3 is 10.1 Å². The fourth-order valence-electron chi connectivity index (χ4n) is 2.08. The van der Waals surface area contributed by atoms with E-state index in [0.29, 0.717) is 11.3 Å². The van der Waals surface area contributed by atoms with E-state index in [1.54, 1.807) is 18.2 Å². The number of nitrogens with one attached hydrogen (secondary N) is 1. The predicted octanol–water partition coefficient (Wildman–Crippen LogP) is 3.68. The van der Waals surface area contributed by atoms with Crippen LogP contribution in [-0.4, -0.2) is 26.9 Å². The Morgan fingerprint density at radius 2 is 1.77 bits per heavy atom. The lowest BCUT2D eigenvalue weighted by molar-refractivity contribution is -0.0436. The number of ether oxygens (including phenoxy) is 1. The fourth-order valence-corrected chi connectivity index (χ4v) is 3.25. The second-order valence-electron chi connectivity index (χ2n) is 5.11. The van der Waals surface area contributed by atoms with Gasteiger partial charge in [-0.15, -0.1) is 0 Å². The predicted molar refractivity (Wildman–Crippen MR) is 91.5 cm³/mol. The standard InChI is InChI=1S/C16H13BrF3NO4S/c1-25-14-7-4-12(17)8-11(14)9-21-15(22)10-2-5-13(6-3-10)26(23,24)16(18,19)20/h2-8H,9H2,1H3,(H,21,22). The molecule has 0 radical (unpaired) electrons. The van der Waals surface area contributed by atoms with Crippen LogP contribution in [0.3, 0.4) is 0 Å². The monoisotopic (exact) mass is 451 g/mol. The molecule has 0 saturated heterocycles. The summed E-state index contributed by atoms with van der Waals surface area (Å²) in [4.78, 5) is 11.2. The van der Waals surface area contributed by atoms with Crippen LogP contribution in [-0.2, 0) is 16.4 Å². The van der Waals surface area contributed by atoms with Crippen LogP contribution in [0.2, 0.25) is 0 Å². The number of sulfone groups is 1. The van der Waals surface area contributed by atoms with Crippen LogP contribution in [0.1, 0.15) is 15.9 Å². The Morgan fingerprint density at radius 3 is 2.31 bits per heavy atom. The Labute approximate surface area is 156 Å². The van der Waals surface area contributed by atoms with Crippen molar-refractivity contribution in [3.8, 4) is 5.75 Å². The highest BCUT2D eigenvalue weighted by molar-refractivity contribution is 9.10. The number of amides is 1. The molecule has 0 heterocycles. The molecule has 0 aliphatic rings. The van der Waals surface area contributed by atoms with Crippen LogP contribution >= 0.6 is 15.9 Å². The van der Waals surface area contributed by atoms with E-state index >= 15 is 0 Å². The maximum Gasteiger partial charge on any atom is 0.501 e. The number of carbonyl (C=O) groups is 1. The zero-order valence-corrected chi connectivity index (χ0v) is 15.7. The minimum absolute atomic E-state index is 0.0279. The highest BCUT2D eigenvalue weighted by Gasteiger charge is 2.46. The normalized spacial score (nSPS) is 11.9. The molecule has 0 unspecified atom stereocenters. The minimum atomic E-state index is -5.44. The first-order chi connectivity index (χ1) is 12.1. The smallest absolute Gasteiger partial charge is 0.496 e. The second-order valence-corrected chi connectivity index (χ2v) is 7.97. The number of hydrogen-bond donors (Lipinski definition) is 1. The third-order valence-electron chi connectivity index (χ3n) is 3.41. The average Bonchev–Trinajstić information content (AvgIpc) is 2.59. The summed E-state index contributed by atoms with van der Waals surface area (Å²) in [5.41, 5.74) is -4.68. The van der Waals surface area contributed by atoms with E-state index < -0.39 is 26.1 Å². The van der Waals surface area contributed by atoms with Crippen molar-refractivity contribution < 1.29 is 31.1 Å². The lowest BCUT2D eigenvalue weighted by atomic mass is 10.1. The summed E-state index contributed by atoms with van der Waals surface area (Å²) in [5.74, 6) is -0.0110. The van der Waals surface area contributed by atoms with Gasteiger partial charge in [-0.25, -0.2) is 8.42 Å². The zero-order valence-electron chi connectivity index (χ0n) is 13.3. The Balaban J connectivity index is 2.13. The summed E-state index contributed by atoms with van der Waals surface area (Å²) >= 11 is 3.30. The molecule has 0 atom stereocenters. The van der Waals surface area contributed by atoms with Gasteiger partial charge in [-0.1, -0.05) is 15.9 Å². The SMILES string of the molecule is COc1ccc(Br)cc1CNC(=O)c1ccc(S(=O)(=O)C(F)(F)F)cc1. The summed E-state index contributed by atoms with van der Waals surface area (Å²) in [6, 6.07) is 8.76. The summed E-state index contributed by atoms with van der Waals surface area (Å²) in [7, 11) is -3.96. The first-order valence-corrected chi connectivity index (χ1v) is 9.36. The highest BCUT2D eigenvalue weighted by atomic mass is 79.9. The van der Waals surface area contributed by atoms with Gasteiger partial charge in [0.15, 0.2) is 0 Å². The largest absolute Gasteiger partial charge is 0.501 e. The number of carbonyl (C=O) groups excluding carboxylic acids is 1. The summed E-state index contributed by atoms with van der Waals surface area (Å²) in [6.45, 7) is 0.115. The summed E-state index contributed by atoms with van der Waals surface area (Å²) in [6.07, 6.45) is 0. The van der Waals surface area contributed by atoms with E-state index in [4.69, 9.17) is 4.74 Å². The highest BCUT2D eigenvalue weighted by Crippen LogP contribution is 2.30. The van der Waals surface area contributed by atoms with E-state index in [-0.39, 0.29) is 12.1 Å². The van der Waals surface area contributed by atoms with Gasteiger partial charge in [0, 0.05) is 22.1 Å². The molecule has 5 nitrogen and oxygen atoms in total. The molecule has 0 fully saturated rings. The molecular weight excluding hydrogens is 439 g/mol. The molecule has 0 aromatic heterocycles. The average molecular weight is 452 g/mol. The Kier molecular flexibility index (Phi) is 5.97. The van der Waals surface area contributed by atoms with Crippen LogP contribution in [0, 0.1) is 0 Å². The van der Waals surface area contributed by atoms with Gasteiger partial charge in [0.1, 0.15) is 5.75 Å². The number of benzene rings is 2. The molecule has 2 aromatic carbocycles. The quantitative estimate of drug-likeness (QED) is 0.752. The maximum absolute atomic E-state index is 12.5. The third-order valence-corrected chi connectivity index (χ3v) is 5.41. The van der Waals surface area contributed by atoms with Crippen molar-refractivity contribution in [2.75, 3.05) is 7.11 Å². The van der Waals surface area contributed by atoms with Gasteiger partial charge in [-0.2, -0.15) is 13.2 Å². The van der Waals surface area contributed by atoms with Crippen molar-refractivity contribution in [2.45, 2.75) is 16.9 Å². The van der Waals surface area contributed by atoms with Crippen molar-refractivity contribution >= 4 is 31.7 Å². The Morgan fingerprint density at radius 1 is 1.15 bits per heavy atom. The number of methoxy groups -OCH3 is 1. The zero-order chi connectivity index (χ0) is 19.5. The first kappa shape index (κ1) is 20.2. The van der Waals surface area contributed by atoms with Crippen LogP contribution in [0.4, 0.5) is 13.2 Å². The lowest BCUT2D eigenvalue weighted by Crippen LogP contribution is -2.24. The number of rotatable bonds is 5. The molecule has 2 rings (SSSR count). The molecule has 2 aromatic rings. The molecule has 140 valence electrons. The number of halogens is 4. The summed E-state index contributed by atoms with van der Waals surface area (Å²) in [5, 5.41) is 2.59. The fraction of sp³-hybridized carbons (Fsp3) is 0.188. The molecular formula is C16H13BrF3NO4S.